The van der Waals surface area contributed by atoms with Gasteiger partial charge in [0.2, 0.25) is 0 Å². The maximum absolute atomic E-state index is 13.9. The lowest BCUT2D eigenvalue weighted by Crippen LogP contribution is -2.17. The summed E-state index contributed by atoms with van der Waals surface area (Å²) < 4.78 is 54.2. The van der Waals surface area contributed by atoms with E-state index in [9.17, 15) is 22.4 Å². The first-order chi connectivity index (χ1) is 16.1. The summed E-state index contributed by atoms with van der Waals surface area (Å²) in [6.45, 7) is 0.814. The van der Waals surface area contributed by atoms with Crippen LogP contribution in [0.1, 0.15) is 33.5 Å². The van der Waals surface area contributed by atoms with Gasteiger partial charge in [-0.3, -0.25) is 4.79 Å². The Morgan fingerprint density at radius 3 is 2.53 bits per heavy atom. The summed E-state index contributed by atoms with van der Waals surface area (Å²) in [7, 11) is 3.78. The Kier molecular flexibility index (Phi) is 8.22. The van der Waals surface area contributed by atoms with Crippen LogP contribution >= 0.6 is 0 Å². The van der Waals surface area contributed by atoms with Crippen LogP contribution in [0, 0.1) is 5.82 Å². The number of carbonyl (C=O) groups is 1. The minimum absolute atomic E-state index is 0.0450. The molecule has 0 unspecified atom stereocenters. The molecule has 3 rings (SSSR count). The molecule has 2 N–H and O–H groups in total. The molecule has 34 heavy (non-hydrogen) atoms. The summed E-state index contributed by atoms with van der Waals surface area (Å²) in [5.74, 6) is -0.827. The molecule has 180 valence electrons. The van der Waals surface area contributed by atoms with Crippen LogP contribution in [-0.4, -0.2) is 36.4 Å². The van der Waals surface area contributed by atoms with E-state index in [1.54, 1.807) is 30.3 Å². The fraction of sp³-hybridized carbons (Fsp3) is 0.280. The largest absolute Gasteiger partial charge is 0.416 e. The third-order valence-electron chi connectivity index (χ3n) is 5.11. The first-order valence-electron chi connectivity index (χ1n) is 10.7. The van der Waals surface area contributed by atoms with Crippen molar-refractivity contribution in [1.29, 1.82) is 0 Å². The molecule has 0 aliphatic heterocycles. The second kappa shape index (κ2) is 11.1. The molecular formula is C25H26F4N4O. The number of aromatic nitrogens is 1. The first-order valence-corrected chi connectivity index (χ1v) is 10.7. The normalized spacial score (nSPS) is 11.5. The van der Waals surface area contributed by atoms with Gasteiger partial charge in [0.1, 0.15) is 11.6 Å². The number of carbonyl (C=O) groups excluding carboxylic acids is 1. The number of benzene rings is 2. The van der Waals surface area contributed by atoms with Crippen LogP contribution in [0.15, 0.2) is 60.8 Å². The highest BCUT2D eigenvalue weighted by Gasteiger charge is 2.31. The predicted molar refractivity (Wildman–Crippen MR) is 124 cm³/mol. The highest BCUT2D eigenvalue weighted by Crippen LogP contribution is 2.32. The molecule has 0 fully saturated rings. The maximum Gasteiger partial charge on any atom is 0.416 e. The van der Waals surface area contributed by atoms with E-state index < -0.39 is 23.5 Å². The van der Waals surface area contributed by atoms with E-state index in [1.807, 2.05) is 19.0 Å². The van der Waals surface area contributed by atoms with Gasteiger partial charge in [0, 0.05) is 24.0 Å². The fourth-order valence-corrected chi connectivity index (χ4v) is 3.42. The van der Waals surface area contributed by atoms with Gasteiger partial charge in [0.25, 0.3) is 5.91 Å². The lowest BCUT2D eigenvalue weighted by molar-refractivity contribution is -0.137. The average Bonchev–Trinajstić information content (AvgIpc) is 2.78. The standard InChI is InChI=1S/C25H26F4N4O/c1-33(2)12-6-7-17-13-19(25(27,28)29)15-20(14-17)32-24(34)21-9-5-11-30-23(21)31-16-18-8-3-4-10-22(18)26/h3-5,8-11,13-15H,6-7,12,16H2,1-2H3,(H,30,31)(H,32,34). The van der Waals surface area contributed by atoms with Crippen molar-refractivity contribution >= 4 is 17.4 Å². The van der Waals surface area contributed by atoms with Crippen molar-refractivity contribution in [2.75, 3.05) is 31.3 Å². The van der Waals surface area contributed by atoms with Gasteiger partial charge in [-0.25, -0.2) is 9.37 Å². The number of aryl methyl sites for hydroxylation is 1. The molecule has 9 heteroatoms. The second-order valence-corrected chi connectivity index (χ2v) is 8.12. The lowest BCUT2D eigenvalue weighted by atomic mass is 10.0. The number of alkyl halides is 3. The quantitative estimate of drug-likeness (QED) is 0.397. The van der Waals surface area contributed by atoms with E-state index in [2.05, 4.69) is 15.6 Å². The number of anilines is 2. The lowest BCUT2D eigenvalue weighted by Gasteiger charge is -2.15. The number of halogens is 4. The number of hydrogen-bond donors (Lipinski definition) is 2. The van der Waals surface area contributed by atoms with Crippen LogP contribution in [0.5, 0.6) is 0 Å². The van der Waals surface area contributed by atoms with Crippen molar-refractivity contribution in [1.82, 2.24) is 9.88 Å². The highest BCUT2D eigenvalue weighted by atomic mass is 19.4. The Morgan fingerprint density at radius 1 is 1.06 bits per heavy atom. The fourth-order valence-electron chi connectivity index (χ4n) is 3.42. The number of hydrogen-bond acceptors (Lipinski definition) is 4. The summed E-state index contributed by atoms with van der Waals surface area (Å²) in [5.41, 5.74) is 0.221. The molecule has 1 heterocycles. The Morgan fingerprint density at radius 2 is 1.82 bits per heavy atom. The van der Waals surface area contributed by atoms with Crippen molar-refractivity contribution in [2.45, 2.75) is 25.6 Å². The van der Waals surface area contributed by atoms with Crippen molar-refractivity contribution in [2.24, 2.45) is 0 Å². The Labute approximate surface area is 195 Å². The van der Waals surface area contributed by atoms with Crippen LogP contribution < -0.4 is 10.6 Å². The zero-order valence-corrected chi connectivity index (χ0v) is 18.9. The van der Waals surface area contributed by atoms with Crippen LogP contribution in [-0.2, 0) is 19.1 Å². The van der Waals surface area contributed by atoms with E-state index in [4.69, 9.17) is 0 Å². The summed E-state index contributed by atoms with van der Waals surface area (Å²) in [4.78, 5) is 19.0. The predicted octanol–water partition coefficient (Wildman–Crippen LogP) is 5.60. The first kappa shape index (κ1) is 25.2. The molecule has 1 amide bonds. The van der Waals surface area contributed by atoms with Gasteiger partial charge in [-0.2, -0.15) is 13.2 Å². The molecular weight excluding hydrogens is 448 g/mol. The number of nitrogens with one attached hydrogen (secondary N) is 2. The van der Waals surface area contributed by atoms with E-state index in [-0.39, 0.29) is 23.6 Å². The van der Waals surface area contributed by atoms with Gasteiger partial charge >= 0.3 is 6.18 Å². The Bertz CT molecular complexity index is 1130. The topological polar surface area (TPSA) is 57.3 Å². The highest BCUT2D eigenvalue weighted by molar-refractivity contribution is 6.07. The third-order valence-corrected chi connectivity index (χ3v) is 5.11. The van der Waals surface area contributed by atoms with Crippen LogP contribution in [0.3, 0.4) is 0 Å². The van der Waals surface area contributed by atoms with Crippen LogP contribution in [0.4, 0.5) is 29.1 Å². The average molecular weight is 475 g/mol. The van der Waals surface area contributed by atoms with Crippen LogP contribution in [0.25, 0.3) is 0 Å². The van der Waals surface area contributed by atoms with Crippen molar-refractivity contribution in [3.8, 4) is 0 Å². The van der Waals surface area contributed by atoms with E-state index >= 15 is 0 Å². The van der Waals surface area contributed by atoms with E-state index in [1.165, 1.54) is 18.3 Å². The molecule has 0 aliphatic carbocycles. The molecule has 0 saturated carbocycles. The van der Waals surface area contributed by atoms with Gasteiger partial charge in [-0.15, -0.1) is 0 Å². The monoisotopic (exact) mass is 474 g/mol. The SMILES string of the molecule is CN(C)CCCc1cc(NC(=O)c2cccnc2NCc2ccccc2F)cc(C(F)(F)F)c1. The molecule has 1 aromatic heterocycles. The molecule has 3 aromatic rings. The molecule has 0 radical (unpaired) electrons. The minimum atomic E-state index is -4.54. The zero-order valence-electron chi connectivity index (χ0n) is 18.9. The third kappa shape index (κ3) is 7.02. The van der Waals surface area contributed by atoms with Gasteiger partial charge in [0.05, 0.1) is 11.1 Å². The molecule has 0 spiro atoms. The number of pyridine rings is 1. The van der Waals surface area contributed by atoms with Gasteiger partial charge in [0.15, 0.2) is 0 Å². The van der Waals surface area contributed by atoms with Crippen molar-refractivity contribution < 1.29 is 22.4 Å². The number of nitrogens with zero attached hydrogens (tertiary/aromatic N) is 2. The summed E-state index contributed by atoms with van der Waals surface area (Å²) in [6.07, 6.45) is -1.97. The molecule has 0 atom stereocenters. The number of amides is 1. The van der Waals surface area contributed by atoms with Gasteiger partial charge < -0.3 is 15.5 Å². The Hall–Kier alpha value is -3.46. The molecule has 0 bridgehead atoms. The maximum atomic E-state index is 13.9. The minimum Gasteiger partial charge on any atom is -0.365 e. The van der Waals surface area contributed by atoms with E-state index in [0.717, 1.165) is 18.7 Å². The smallest absolute Gasteiger partial charge is 0.365 e. The summed E-state index contributed by atoms with van der Waals surface area (Å²) in [5, 5.41) is 5.48. The molecule has 0 saturated heterocycles. The zero-order chi connectivity index (χ0) is 24.7. The van der Waals surface area contributed by atoms with E-state index in [0.29, 0.717) is 24.0 Å². The summed E-state index contributed by atoms with van der Waals surface area (Å²) in [6, 6.07) is 12.8. The molecule has 2 aromatic carbocycles. The summed E-state index contributed by atoms with van der Waals surface area (Å²) >= 11 is 0. The second-order valence-electron chi connectivity index (χ2n) is 8.12. The Balaban J connectivity index is 1.80. The van der Waals surface area contributed by atoms with Crippen molar-refractivity contribution in [3.05, 3.63) is 88.9 Å². The van der Waals surface area contributed by atoms with Gasteiger partial charge in [-0.05, 0) is 75.4 Å². The molecule has 5 nitrogen and oxygen atoms in total. The van der Waals surface area contributed by atoms with Gasteiger partial charge in [-0.1, -0.05) is 18.2 Å². The van der Waals surface area contributed by atoms with Crippen molar-refractivity contribution in [3.63, 3.8) is 0 Å². The molecule has 0 aliphatic rings. The van der Waals surface area contributed by atoms with Crippen LogP contribution in [0.2, 0.25) is 0 Å². The number of rotatable bonds is 9.